The molecule has 5 aromatic rings. The van der Waals surface area contributed by atoms with E-state index < -0.39 is 0 Å². The second kappa shape index (κ2) is 7.81. The van der Waals surface area contributed by atoms with E-state index >= 15 is 0 Å². The van der Waals surface area contributed by atoms with Crippen molar-refractivity contribution < 1.29 is 10.2 Å². The lowest BCUT2D eigenvalue weighted by atomic mass is 9.96. The summed E-state index contributed by atoms with van der Waals surface area (Å²) in [5.41, 5.74) is 5.31. The maximum Gasteiger partial charge on any atom is -0.00255 e. The molecule has 0 saturated heterocycles. The molecule has 0 saturated carbocycles. The van der Waals surface area contributed by atoms with Crippen LogP contribution in [0.15, 0.2) is 91.0 Å². The first kappa shape index (κ1) is 19.2. The lowest BCUT2D eigenvalue weighted by Crippen LogP contribution is -2.00. The van der Waals surface area contributed by atoms with Crippen LogP contribution in [0.5, 0.6) is 11.5 Å². The van der Waals surface area contributed by atoms with E-state index in [4.69, 9.17) is 0 Å². The van der Waals surface area contributed by atoms with Crippen LogP contribution in [0.1, 0.15) is 27.8 Å². The van der Waals surface area contributed by atoms with Crippen LogP contribution in [0.4, 0.5) is 0 Å². The van der Waals surface area contributed by atoms with Crippen LogP contribution in [0.25, 0.3) is 21.5 Å². The topological polar surface area (TPSA) is 46.1 Å². The van der Waals surface area contributed by atoms with Gasteiger partial charge in [0.25, 0.3) is 0 Å². The first-order valence-electron chi connectivity index (χ1n) is 10.5. The molecule has 31 heavy (non-hydrogen) atoms. The SMILES string of the molecule is Cc1ccc2ccc(Cc3cccc(Cc4ccc5cccc([O-])c5c4)c3)c([O-])c2c1. The summed E-state index contributed by atoms with van der Waals surface area (Å²) in [5, 5.41) is 28.7. The molecule has 0 spiro atoms. The molecule has 0 aromatic heterocycles. The van der Waals surface area contributed by atoms with E-state index in [1.165, 1.54) is 5.56 Å². The van der Waals surface area contributed by atoms with Gasteiger partial charge in [-0.25, -0.2) is 0 Å². The minimum atomic E-state index is 0.0580. The summed E-state index contributed by atoms with van der Waals surface area (Å²) in [4.78, 5) is 0. The molecule has 2 heteroatoms. The third-order valence-electron chi connectivity index (χ3n) is 5.91. The highest BCUT2D eigenvalue weighted by Gasteiger charge is 2.05. The average Bonchev–Trinajstić information content (AvgIpc) is 2.77. The maximum atomic E-state index is 13.0. The Labute approximate surface area is 182 Å². The molecular formula is C29H22O2-2. The Morgan fingerprint density at radius 1 is 0.581 bits per heavy atom. The number of fused-ring (bicyclic) bond motifs is 2. The van der Waals surface area contributed by atoms with Gasteiger partial charge in [-0.1, -0.05) is 108 Å². The highest BCUT2D eigenvalue weighted by Crippen LogP contribution is 2.29. The minimum absolute atomic E-state index is 0.0580. The first-order chi connectivity index (χ1) is 15.1. The monoisotopic (exact) mass is 402 g/mol. The van der Waals surface area contributed by atoms with E-state index in [9.17, 15) is 10.2 Å². The Balaban J connectivity index is 1.43. The van der Waals surface area contributed by atoms with Crippen LogP contribution in [0, 0.1) is 6.92 Å². The molecule has 0 aliphatic rings. The van der Waals surface area contributed by atoms with Gasteiger partial charge in [-0.05, 0) is 58.0 Å². The molecule has 0 fully saturated rings. The van der Waals surface area contributed by atoms with Gasteiger partial charge in [0.05, 0.1) is 0 Å². The van der Waals surface area contributed by atoms with Crippen molar-refractivity contribution in [3.05, 3.63) is 119 Å². The Morgan fingerprint density at radius 2 is 1.26 bits per heavy atom. The zero-order valence-electron chi connectivity index (χ0n) is 17.4. The Bertz CT molecular complexity index is 1420. The Kier molecular flexibility index (Phi) is 4.83. The van der Waals surface area contributed by atoms with Crippen molar-refractivity contribution in [1.82, 2.24) is 0 Å². The third-order valence-corrected chi connectivity index (χ3v) is 5.91. The number of benzene rings is 5. The zero-order chi connectivity index (χ0) is 21.4. The first-order valence-corrected chi connectivity index (χ1v) is 10.5. The molecule has 0 aliphatic heterocycles. The molecule has 5 aromatic carbocycles. The third kappa shape index (κ3) is 3.85. The smallest absolute Gasteiger partial charge is 0.00255 e. The van der Waals surface area contributed by atoms with Crippen molar-refractivity contribution >= 4 is 21.5 Å². The van der Waals surface area contributed by atoms with Crippen molar-refractivity contribution in [1.29, 1.82) is 0 Å². The second-order valence-corrected chi connectivity index (χ2v) is 8.26. The van der Waals surface area contributed by atoms with Crippen molar-refractivity contribution in [2.24, 2.45) is 0 Å². The average molecular weight is 402 g/mol. The molecule has 0 bridgehead atoms. The van der Waals surface area contributed by atoms with Crippen molar-refractivity contribution in [3.63, 3.8) is 0 Å². The molecule has 152 valence electrons. The molecular weight excluding hydrogens is 380 g/mol. The van der Waals surface area contributed by atoms with Gasteiger partial charge in [0.1, 0.15) is 0 Å². The summed E-state index contributed by atoms with van der Waals surface area (Å²) in [7, 11) is 0. The van der Waals surface area contributed by atoms with E-state index in [1.807, 2.05) is 61.5 Å². The lowest BCUT2D eigenvalue weighted by Gasteiger charge is -2.18. The van der Waals surface area contributed by atoms with Gasteiger partial charge in [0.15, 0.2) is 0 Å². The van der Waals surface area contributed by atoms with Crippen LogP contribution in [-0.2, 0) is 12.8 Å². The molecule has 0 aliphatic carbocycles. The van der Waals surface area contributed by atoms with Crippen molar-refractivity contribution in [2.45, 2.75) is 19.8 Å². The van der Waals surface area contributed by atoms with Gasteiger partial charge in [-0.2, -0.15) is 0 Å². The van der Waals surface area contributed by atoms with E-state index in [0.29, 0.717) is 6.42 Å². The van der Waals surface area contributed by atoms with Crippen molar-refractivity contribution in [3.8, 4) is 11.5 Å². The summed E-state index contributed by atoms with van der Waals surface area (Å²) in [6.07, 6.45) is 1.36. The molecule has 0 unspecified atom stereocenters. The van der Waals surface area contributed by atoms with Gasteiger partial charge < -0.3 is 10.2 Å². The number of rotatable bonds is 4. The standard InChI is InChI=1S/C29H24O2/c1-19-8-10-24-12-13-25(29(31)27(24)14-19)17-21-5-2-4-20(15-21)16-22-9-11-23-6-3-7-28(30)26(23)18-22/h2-15,18,30-31H,16-17H2,1H3/p-2. The van der Waals surface area contributed by atoms with Crippen LogP contribution in [0.2, 0.25) is 0 Å². The minimum Gasteiger partial charge on any atom is -0.872 e. The summed E-state index contributed by atoms with van der Waals surface area (Å²) >= 11 is 0. The van der Waals surface area contributed by atoms with Gasteiger partial charge in [0, 0.05) is 0 Å². The van der Waals surface area contributed by atoms with E-state index in [0.717, 1.165) is 50.2 Å². The normalized spacial score (nSPS) is 11.3. The summed E-state index contributed by atoms with van der Waals surface area (Å²) < 4.78 is 0. The van der Waals surface area contributed by atoms with Crippen LogP contribution >= 0.6 is 0 Å². The predicted octanol–water partition coefficient (Wildman–Crippen LogP) is 5.63. The largest absolute Gasteiger partial charge is 0.872 e. The number of aryl methyl sites for hydroxylation is 1. The fourth-order valence-corrected chi connectivity index (χ4v) is 4.30. The predicted molar refractivity (Wildman–Crippen MR) is 124 cm³/mol. The zero-order valence-corrected chi connectivity index (χ0v) is 17.4. The Morgan fingerprint density at radius 3 is 2.13 bits per heavy atom. The van der Waals surface area contributed by atoms with Crippen molar-refractivity contribution in [2.75, 3.05) is 0 Å². The quantitative estimate of drug-likeness (QED) is 0.391. The number of hydrogen-bond acceptors (Lipinski definition) is 2. The molecule has 5 rings (SSSR count). The maximum absolute atomic E-state index is 13.0. The van der Waals surface area contributed by atoms with Crippen LogP contribution < -0.4 is 10.2 Å². The van der Waals surface area contributed by atoms with E-state index in [-0.39, 0.29) is 11.5 Å². The number of hydrogen-bond donors (Lipinski definition) is 0. The highest BCUT2D eigenvalue weighted by atomic mass is 16.3. The summed E-state index contributed by atoms with van der Waals surface area (Å²) in [6, 6.07) is 29.8. The van der Waals surface area contributed by atoms with Gasteiger partial charge >= 0.3 is 0 Å². The summed E-state index contributed by atoms with van der Waals surface area (Å²) in [5.74, 6) is 0.173. The van der Waals surface area contributed by atoms with Gasteiger partial charge in [0.2, 0.25) is 0 Å². The highest BCUT2D eigenvalue weighted by molar-refractivity contribution is 5.90. The van der Waals surface area contributed by atoms with E-state index in [2.05, 4.69) is 24.3 Å². The molecule has 0 heterocycles. The van der Waals surface area contributed by atoms with Crippen LogP contribution in [0.3, 0.4) is 0 Å². The summed E-state index contributed by atoms with van der Waals surface area (Å²) in [6.45, 7) is 2.01. The van der Waals surface area contributed by atoms with Gasteiger partial charge in [-0.3, -0.25) is 0 Å². The fraction of sp³-hybridized carbons (Fsp3) is 0.103. The van der Waals surface area contributed by atoms with Gasteiger partial charge in [-0.15, -0.1) is 5.75 Å². The molecule has 0 amide bonds. The fourth-order valence-electron chi connectivity index (χ4n) is 4.30. The lowest BCUT2D eigenvalue weighted by molar-refractivity contribution is -0.267. The molecule has 0 radical (unpaired) electrons. The molecule has 2 nitrogen and oxygen atoms in total. The van der Waals surface area contributed by atoms with Crippen LogP contribution in [-0.4, -0.2) is 0 Å². The second-order valence-electron chi connectivity index (χ2n) is 8.26. The Hall–Kier alpha value is -3.78. The molecule has 0 N–H and O–H groups in total. The molecule has 0 atom stereocenters. The van der Waals surface area contributed by atoms with E-state index in [1.54, 1.807) is 12.1 Å².